The zero-order chi connectivity index (χ0) is 12.1. The molecule has 0 saturated carbocycles. The Bertz CT molecular complexity index is 425. The lowest BCUT2D eigenvalue weighted by atomic mass is 10.1. The minimum atomic E-state index is -0.143. The highest BCUT2D eigenvalue weighted by Gasteiger charge is 2.15. The Morgan fingerprint density at radius 3 is 2.75 bits per heavy atom. The number of benzene rings is 1. The van der Waals surface area contributed by atoms with Crippen LogP contribution in [0, 0.1) is 20.8 Å². The summed E-state index contributed by atoms with van der Waals surface area (Å²) in [4.78, 5) is 13.6. The second-order valence-corrected chi connectivity index (χ2v) is 4.86. The average molecular weight is 328 g/mol. The lowest BCUT2D eigenvalue weighted by Gasteiger charge is -2.18. The lowest BCUT2D eigenvalue weighted by Crippen LogP contribution is -2.31. The third kappa shape index (κ3) is 3.20. The predicted molar refractivity (Wildman–Crippen MR) is 70.9 cm³/mol. The van der Waals surface area contributed by atoms with Crippen molar-refractivity contribution in [3.8, 4) is 6.07 Å². The fourth-order valence-corrected chi connectivity index (χ4v) is 1.99. The van der Waals surface area contributed by atoms with Crippen LogP contribution in [-0.4, -0.2) is 24.4 Å². The van der Waals surface area contributed by atoms with Gasteiger partial charge in [-0.1, -0.05) is 12.1 Å². The van der Waals surface area contributed by atoms with E-state index in [2.05, 4.69) is 28.7 Å². The summed E-state index contributed by atoms with van der Waals surface area (Å²) < 4.78 is 0.932. The van der Waals surface area contributed by atoms with E-state index in [-0.39, 0.29) is 11.8 Å². The first-order valence-corrected chi connectivity index (χ1v) is 6.03. The molecule has 0 aliphatic heterocycles. The summed E-state index contributed by atoms with van der Waals surface area (Å²) in [6.45, 7) is 2.26. The van der Waals surface area contributed by atoms with Gasteiger partial charge in [0.2, 0.25) is 0 Å². The van der Waals surface area contributed by atoms with Crippen molar-refractivity contribution < 1.29 is 4.79 Å². The summed E-state index contributed by atoms with van der Waals surface area (Å²) in [6, 6.07) is 9.57. The molecule has 0 radical (unpaired) electrons. The van der Waals surface area contributed by atoms with Crippen molar-refractivity contribution in [3.63, 3.8) is 0 Å². The molecule has 0 aromatic heterocycles. The number of rotatable bonds is 3. The topological polar surface area (TPSA) is 44.1 Å². The van der Waals surface area contributed by atoms with Crippen molar-refractivity contribution in [3.05, 3.63) is 33.4 Å². The second-order valence-electron chi connectivity index (χ2n) is 3.70. The molecular weight excluding hydrogens is 315 g/mol. The third-order valence-electron chi connectivity index (χ3n) is 2.22. The van der Waals surface area contributed by atoms with E-state index in [0.717, 1.165) is 3.57 Å². The van der Waals surface area contributed by atoms with Gasteiger partial charge in [-0.25, -0.2) is 0 Å². The highest BCUT2D eigenvalue weighted by atomic mass is 127. The van der Waals surface area contributed by atoms with Gasteiger partial charge >= 0.3 is 0 Å². The van der Waals surface area contributed by atoms with Gasteiger partial charge in [-0.05, 0) is 41.6 Å². The SMILES string of the molecule is CC(C#N)CN(C)C(=O)c1ccccc1I. The van der Waals surface area contributed by atoms with Crippen LogP contribution in [0.15, 0.2) is 24.3 Å². The smallest absolute Gasteiger partial charge is 0.254 e. The molecule has 0 N–H and O–H groups in total. The van der Waals surface area contributed by atoms with Crippen LogP contribution in [0.2, 0.25) is 0 Å². The van der Waals surface area contributed by atoms with Crippen LogP contribution in [-0.2, 0) is 0 Å². The first-order valence-electron chi connectivity index (χ1n) is 4.96. The van der Waals surface area contributed by atoms with Gasteiger partial charge in [0.25, 0.3) is 5.91 Å². The molecule has 0 aliphatic carbocycles. The summed E-state index contributed by atoms with van der Waals surface area (Å²) >= 11 is 2.14. The molecule has 0 heterocycles. The maximum absolute atomic E-state index is 12.0. The Morgan fingerprint density at radius 1 is 1.56 bits per heavy atom. The van der Waals surface area contributed by atoms with E-state index >= 15 is 0 Å². The standard InChI is InChI=1S/C12H13IN2O/c1-9(7-14)8-15(2)12(16)10-5-3-4-6-11(10)13/h3-6,9H,8H2,1-2H3. The molecule has 16 heavy (non-hydrogen) atoms. The molecule has 1 rings (SSSR count). The zero-order valence-corrected chi connectivity index (χ0v) is 11.4. The summed E-state index contributed by atoms with van der Waals surface area (Å²) in [5.41, 5.74) is 0.690. The van der Waals surface area contributed by atoms with Gasteiger partial charge in [-0.3, -0.25) is 4.79 Å². The van der Waals surface area contributed by atoms with E-state index in [1.165, 1.54) is 0 Å². The highest BCUT2D eigenvalue weighted by Crippen LogP contribution is 2.13. The van der Waals surface area contributed by atoms with Gasteiger partial charge in [0.1, 0.15) is 0 Å². The minimum Gasteiger partial charge on any atom is -0.340 e. The molecule has 1 aromatic rings. The molecule has 3 nitrogen and oxygen atoms in total. The molecule has 0 fully saturated rings. The van der Waals surface area contributed by atoms with Crippen LogP contribution in [0.1, 0.15) is 17.3 Å². The van der Waals surface area contributed by atoms with Crippen LogP contribution in [0.4, 0.5) is 0 Å². The Balaban J connectivity index is 2.80. The molecule has 0 saturated heterocycles. The summed E-state index contributed by atoms with van der Waals surface area (Å²) in [7, 11) is 1.72. The van der Waals surface area contributed by atoms with Gasteiger partial charge in [0, 0.05) is 17.2 Å². The van der Waals surface area contributed by atoms with Crippen molar-refractivity contribution in [2.24, 2.45) is 5.92 Å². The van der Waals surface area contributed by atoms with Gasteiger partial charge in [-0.2, -0.15) is 5.26 Å². The summed E-state index contributed by atoms with van der Waals surface area (Å²) in [5, 5.41) is 8.70. The molecule has 1 unspecified atom stereocenters. The predicted octanol–water partition coefficient (Wildman–Crippen LogP) is 2.52. The van der Waals surface area contributed by atoms with Crippen LogP contribution in [0.25, 0.3) is 0 Å². The van der Waals surface area contributed by atoms with E-state index in [4.69, 9.17) is 5.26 Å². The Labute approximate surface area is 109 Å². The minimum absolute atomic E-state index is 0.0351. The molecule has 1 atom stereocenters. The molecule has 0 bridgehead atoms. The summed E-state index contributed by atoms with van der Waals surface area (Å²) in [6.07, 6.45) is 0. The fraction of sp³-hybridized carbons (Fsp3) is 0.333. The molecular formula is C12H13IN2O. The van der Waals surface area contributed by atoms with Crippen molar-refractivity contribution in [2.45, 2.75) is 6.92 Å². The van der Waals surface area contributed by atoms with Gasteiger partial charge in [0.05, 0.1) is 17.6 Å². The Hall–Kier alpha value is -1.09. The van der Waals surface area contributed by atoms with E-state index in [1.807, 2.05) is 18.2 Å². The summed E-state index contributed by atoms with van der Waals surface area (Å²) in [5.74, 6) is -0.178. The van der Waals surface area contributed by atoms with E-state index < -0.39 is 0 Å². The molecule has 0 aliphatic rings. The average Bonchev–Trinajstić information content (AvgIpc) is 2.28. The second kappa shape index (κ2) is 5.85. The normalized spacial score (nSPS) is 11.6. The largest absolute Gasteiger partial charge is 0.340 e. The number of hydrogen-bond donors (Lipinski definition) is 0. The van der Waals surface area contributed by atoms with Crippen LogP contribution in [0.3, 0.4) is 0 Å². The van der Waals surface area contributed by atoms with Crippen LogP contribution >= 0.6 is 22.6 Å². The number of amides is 1. The molecule has 1 amide bonds. The molecule has 4 heteroatoms. The quantitative estimate of drug-likeness (QED) is 0.801. The monoisotopic (exact) mass is 328 g/mol. The van der Waals surface area contributed by atoms with Crippen LogP contribution in [0.5, 0.6) is 0 Å². The lowest BCUT2D eigenvalue weighted by molar-refractivity contribution is 0.0784. The first-order chi connectivity index (χ1) is 7.56. The third-order valence-corrected chi connectivity index (χ3v) is 3.16. The molecule has 0 spiro atoms. The zero-order valence-electron chi connectivity index (χ0n) is 9.27. The van der Waals surface area contributed by atoms with Crippen molar-refractivity contribution in [2.75, 3.05) is 13.6 Å². The molecule has 1 aromatic carbocycles. The van der Waals surface area contributed by atoms with Gasteiger partial charge in [0.15, 0.2) is 0 Å². The van der Waals surface area contributed by atoms with Gasteiger partial charge < -0.3 is 4.90 Å². The van der Waals surface area contributed by atoms with E-state index in [0.29, 0.717) is 12.1 Å². The number of nitriles is 1. The van der Waals surface area contributed by atoms with Crippen molar-refractivity contribution >= 4 is 28.5 Å². The van der Waals surface area contributed by atoms with E-state index in [1.54, 1.807) is 24.9 Å². The van der Waals surface area contributed by atoms with Gasteiger partial charge in [-0.15, -0.1) is 0 Å². The highest BCUT2D eigenvalue weighted by molar-refractivity contribution is 14.1. The number of carbonyl (C=O) groups is 1. The maximum atomic E-state index is 12.0. The van der Waals surface area contributed by atoms with Crippen molar-refractivity contribution in [1.29, 1.82) is 5.26 Å². The Kier molecular flexibility index (Phi) is 4.74. The first kappa shape index (κ1) is 13.0. The fourth-order valence-electron chi connectivity index (χ4n) is 1.37. The van der Waals surface area contributed by atoms with Crippen LogP contribution < -0.4 is 0 Å². The number of nitrogens with zero attached hydrogens (tertiary/aromatic N) is 2. The number of carbonyl (C=O) groups excluding carboxylic acids is 1. The maximum Gasteiger partial charge on any atom is 0.254 e. The number of halogens is 1. The van der Waals surface area contributed by atoms with Crippen molar-refractivity contribution in [1.82, 2.24) is 4.90 Å². The Morgan fingerprint density at radius 2 is 2.19 bits per heavy atom. The number of hydrogen-bond acceptors (Lipinski definition) is 2. The molecule has 84 valence electrons. The van der Waals surface area contributed by atoms with E-state index in [9.17, 15) is 4.79 Å².